The summed E-state index contributed by atoms with van der Waals surface area (Å²) in [5.74, 6) is -1.03. The zero-order chi connectivity index (χ0) is 29.7. The van der Waals surface area contributed by atoms with Crippen LogP contribution in [0.15, 0.2) is 65.7 Å². The van der Waals surface area contributed by atoms with Crippen LogP contribution in [0.2, 0.25) is 5.02 Å². The van der Waals surface area contributed by atoms with E-state index < -0.39 is 29.7 Å². The van der Waals surface area contributed by atoms with Gasteiger partial charge in [-0.25, -0.2) is 18.3 Å². The van der Waals surface area contributed by atoms with Crippen molar-refractivity contribution < 1.29 is 28.2 Å². The molecule has 9 nitrogen and oxygen atoms in total. The van der Waals surface area contributed by atoms with Crippen molar-refractivity contribution in [1.29, 1.82) is 0 Å². The summed E-state index contributed by atoms with van der Waals surface area (Å²) in [5, 5.41) is 16.8. The Hall–Kier alpha value is -4.38. The number of carbonyl (C=O) groups is 2. The number of ketones is 1. The fraction of sp³-hybridized carbons (Fsp3) is 0.276. The molecule has 214 valence electrons. The van der Waals surface area contributed by atoms with Crippen LogP contribution in [0.1, 0.15) is 60.3 Å². The van der Waals surface area contributed by atoms with E-state index in [1.54, 1.807) is 30.3 Å². The summed E-state index contributed by atoms with van der Waals surface area (Å²) < 4.78 is 34.5. The van der Waals surface area contributed by atoms with Crippen LogP contribution in [0.5, 0.6) is 5.75 Å². The highest BCUT2D eigenvalue weighted by Gasteiger charge is 2.24. The number of aromatic carboxylic acids is 1. The van der Waals surface area contributed by atoms with E-state index in [0.29, 0.717) is 40.2 Å². The summed E-state index contributed by atoms with van der Waals surface area (Å²) in [6, 6.07) is 11.2. The summed E-state index contributed by atoms with van der Waals surface area (Å²) in [4.78, 5) is 38.1. The van der Waals surface area contributed by atoms with Gasteiger partial charge in [0.05, 0.1) is 36.8 Å². The lowest BCUT2D eigenvalue weighted by molar-refractivity contribution is -0.121. The van der Waals surface area contributed by atoms with Gasteiger partial charge in [0.2, 0.25) is 0 Å². The van der Waals surface area contributed by atoms with Crippen molar-refractivity contribution in [3.63, 3.8) is 0 Å². The summed E-state index contributed by atoms with van der Waals surface area (Å²) >= 11 is 6.26. The maximum absolute atomic E-state index is 13.5. The highest BCUT2D eigenvalue weighted by Crippen LogP contribution is 2.36. The van der Waals surface area contributed by atoms with Gasteiger partial charge in [-0.3, -0.25) is 9.59 Å². The Morgan fingerprint density at radius 3 is 2.41 bits per heavy atom. The van der Waals surface area contributed by atoms with Crippen molar-refractivity contribution in [3.05, 3.63) is 93.1 Å². The van der Waals surface area contributed by atoms with E-state index >= 15 is 0 Å². The Morgan fingerprint density at radius 2 is 1.80 bits per heavy atom. The molecule has 12 heteroatoms. The van der Waals surface area contributed by atoms with E-state index in [2.05, 4.69) is 10.3 Å². The minimum atomic E-state index is -2.81. The van der Waals surface area contributed by atoms with Gasteiger partial charge in [0.25, 0.3) is 12.0 Å². The zero-order valence-corrected chi connectivity index (χ0v) is 23.0. The first-order valence-electron chi connectivity index (χ1n) is 12.8. The first-order chi connectivity index (χ1) is 19.6. The van der Waals surface area contributed by atoms with E-state index in [0.717, 1.165) is 12.6 Å². The lowest BCUT2D eigenvalue weighted by atomic mass is 9.97. The minimum absolute atomic E-state index is 0.00198. The average molecular weight is 585 g/mol. The molecular formula is C29H27ClF2N4O5. The van der Waals surface area contributed by atoms with E-state index in [1.165, 1.54) is 40.8 Å². The molecule has 0 saturated heterocycles. The van der Waals surface area contributed by atoms with Crippen LogP contribution in [0, 0.1) is 0 Å². The molecule has 1 atom stereocenters. The van der Waals surface area contributed by atoms with Crippen LogP contribution in [-0.2, 0) is 11.2 Å². The standard InChI is InChI=1S/C29H27ClF2N4O5/c1-3-4-5-24(25(37)12-17-6-8-18(9-7-17)29(39)40)35-16-26(41-2)21(14-27(35)38)20-13-19(30)10-11-23(20)36-15-22(28(31)32)33-34-36/h6-11,13-16,24,28H,3-5,12H2,1-2H3,(H,39,40). The fourth-order valence-electron chi connectivity index (χ4n) is 4.50. The summed E-state index contributed by atoms with van der Waals surface area (Å²) in [6.45, 7) is 1.98. The van der Waals surface area contributed by atoms with Crippen LogP contribution in [0.3, 0.4) is 0 Å². The van der Waals surface area contributed by atoms with E-state index in [4.69, 9.17) is 21.4 Å². The van der Waals surface area contributed by atoms with Crippen LogP contribution >= 0.6 is 11.6 Å². The third-order valence-corrected chi connectivity index (χ3v) is 6.85. The molecule has 0 fully saturated rings. The first kappa shape index (κ1) is 29.6. The number of carboxylic acid groups (broad SMARTS) is 1. The number of hydrogen-bond acceptors (Lipinski definition) is 6. The van der Waals surface area contributed by atoms with Crippen molar-refractivity contribution in [2.75, 3.05) is 7.11 Å². The van der Waals surface area contributed by atoms with Gasteiger partial charge < -0.3 is 14.4 Å². The van der Waals surface area contributed by atoms with E-state index in [-0.39, 0.29) is 23.5 Å². The Kier molecular flexibility index (Phi) is 9.28. The monoisotopic (exact) mass is 584 g/mol. The summed E-state index contributed by atoms with van der Waals surface area (Å²) in [7, 11) is 1.41. The number of methoxy groups -OCH3 is 1. The number of carboxylic acids is 1. The molecule has 0 aliphatic rings. The van der Waals surface area contributed by atoms with Crippen molar-refractivity contribution in [1.82, 2.24) is 19.6 Å². The second kappa shape index (κ2) is 12.9. The number of alkyl halides is 2. The molecule has 2 aromatic heterocycles. The number of benzene rings is 2. The van der Waals surface area contributed by atoms with Crippen LogP contribution in [0.4, 0.5) is 8.78 Å². The third-order valence-electron chi connectivity index (χ3n) is 6.61. The SMILES string of the molecule is CCCCC(C(=O)Cc1ccc(C(=O)O)cc1)n1cc(OC)c(-c2cc(Cl)ccc2-n2cc(C(F)F)nn2)cc1=O. The molecule has 1 N–H and O–H groups in total. The molecule has 4 aromatic rings. The highest BCUT2D eigenvalue weighted by atomic mass is 35.5. The number of pyridine rings is 1. The molecule has 0 saturated carbocycles. The molecule has 1 unspecified atom stereocenters. The largest absolute Gasteiger partial charge is 0.495 e. The van der Waals surface area contributed by atoms with E-state index in [9.17, 15) is 23.2 Å². The van der Waals surface area contributed by atoms with Gasteiger partial charge in [-0.2, -0.15) is 0 Å². The maximum atomic E-state index is 13.5. The number of halogens is 3. The fourth-order valence-corrected chi connectivity index (χ4v) is 4.67. The topological polar surface area (TPSA) is 116 Å². The van der Waals surface area contributed by atoms with Gasteiger partial charge in [-0.05, 0) is 42.3 Å². The van der Waals surface area contributed by atoms with Crippen LogP contribution in [0.25, 0.3) is 16.8 Å². The molecule has 0 aliphatic carbocycles. The maximum Gasteiger partial charge on any atom is 0.335 e. The van der Waals surface area contributed by atoms with Gasteiger partial charge in [-0.1, -0.05) is 48.7 Å². The van der Waals surface area contributed by atoms with Crippen molar-refractivity contribution in [2.45, 2.75) is 45.1 Å². The number of unbranched alkanes of at least 4 members (excludes halogenated alkanes) is 1. The quantitative estimate of drug-likeness (QED) is 0.219. The molecule has 0 amide bonds. The normalized spacial score (nSPS) is 12.0. The van der Waals surface area contributed by atoms with Crippen molar-refractivity contribution in [2.24, 2.45) is 0 Å². The number of nitrogens with zero attached hydrogens (tertiary/aromatic N) is 4. The Balaban J connectivity index is 1.75. The Bertz CT molecular complexity index is 1620. The van der Waals surface area contributed by atoms with Gasteiger partial charge in [0, 0.05) is 28.6 Å². The Morgan fingerprint density at radius 1 is 1.07 bits per heavy atom. The second-order valence-corrected chi connectivity index (χ2v) is 9.79. The number of rotatable bonds is 12. The predicted molar refractivity (Wildman–Crippen MR) is 148 cm³/mol. The molecule has 2 aromatic carbocycles. The molecule has 41 heavy (non-hydrogen) atoms. The van der Waals surface area contributed by atoms with Crippen molar-refractivity contribution in [3.8, 4) is 22.6 Å². The molecule has 0 radical (unpaired) electrons. The lowest BCUT2D eigenvalue weighted by Gasteiger charge is -2.21. The number of hydrogen-bond donors (Lipinski definition) is 1. The summed E-state index contributed by atoms with van der Waals surface area (Å²) in [5.41, 5.74) is 0.797. The average Bonchev–Trinajstić information content (AvgIpc) is 3.44. The van der Waals surface area contributed by atoms with Gasteiger partial charge in [0.1, 0.15) is 11.4 Å². The van der Waals surface area contributed by atoms with Crippen molar-refractivity contribution >= 4 is 23.4 Å². The van der Waals surface area contributed by atoms with Gasteiger partial charge in [-0.15, -0.1) is 5.10 Å². The van der Waals surface area contributed by atoms with Crippen LogP contribution < -0.4 is 10.3 Å². The Labute approximate surface area is 239 Å². The lowest BCUT2D eigenvalue weighted by Crippen LogP contribution is -2.30. The summed E-state index contributed by atoms with van der Waals surface area (Å²) in [6.07, 6.45) is 1.62. The molecule has 4 rings (SSSR count). The number of Topliss-reactive ketones (excluding diaryl/α,β-unsaturated/α-hetero) is 1. The smallest absolute Gasteiger partial charge is 0.335 e. The molecule has 0 aliphatic heterocycles. The highest BCUT2D eigenvalue weighted by molar-refractivity contribution is 6.31. The van der Waals surface area contributed by atoms with Gasteiger partial charge in [0.15, 0.2) is 5.78 Å². The number of aromatic nitrogens is 4. The molecule has 0 bridgehead atoms. The predicted octanol–water partition coefficient (Wildman–Crippen LogP) is 5.94. The zero-order valence-electron chi connectivity index (χ0n) is 22.3. The molecular weight excluding hydrogens is 558 g/mol. The second-order valence-electron chi connectivity index (χ2n) is 9.35. The third kappa shape index (κ3) is 6.68. The molecule has 2 heterocycles. The van der Waals surface area contributed by atoms with Crippen LogP contribution in [-0.4, -0.2) is 43.5 Å². The first-order valence-corrected chi connectivity index (χ1v) is 13.2. The number of carbonyl (C=O) groups excluding carboxylic acids is 1. The minimum Gasteiger partial charge on any atom is -0.495 e. The van der Waals surface area contributed by atoms with Gasteiger partial charge >= 0.3 is 5.97 Å². The number of ether oxygens (including phenoxy) is 1. The van der Waals surface area contributed by atoms with E-state index in [1.807, 2.05) is 6.92 Å². The molecule has 0 spiro atoms.